The van der Waals surface area contributed by atoms with Gasteiger partial charge in [-0.3, -0.25) is 19.3 Å². The quantitative estimate of drug-likeness (QED) is 0.149. The predicted octanol–water partition coefficient (Wildman–Crippen LogP) is 6.38. The van der Waals surface area contributed by atoms with Crippen molar-refractivity contribution in [2.45, 2.75) is 73.5 Å². The topological polar surface area (TPSA) is 116 Å². The first-order valence-electron chi connectivity index (χ1n) is 14.6. The Kier molecular flexibility index (Phi) is 12.6. The molecule has 2 atom stereocenters. The minimum atomic E-state index is -0.916. The minimum absolute atomic E-state index is 0.138. The largest absolute Gasteiger partial charge is 0.457 e. The highest BCUT2D eigenvalue weighted by atomic mass is 16.6. The first-order chi connectivity index (χ1) is 20.0. The van der Waals surface area contributed by atoms with Gasteiger partial charge in [-0.1, -0.05) is 83.1 Å². The first-order valence-corrected chi connectivity index (χ1v) is 14.6. The van der Waals surface area contributed by atoms with Gasteiger partial charge in [0.2, 0.25) is 0 Å². The summed E-state index contributed by atoms with van der Waals surface area (Å²) in [4.78, 5) is 64.0. The summed E-state index contributed by atoms with van der Waals surface area (Å²) in [5.41, 5.74) is 1.72. The lowest BCUT2D eigenvalue weighted by Gasteiger charge is -2.31. The lowest BCUT2D eigenvalue weighted by molar-refractivity contribution is -0.150. The van der Waals surface area contributed by atoms with Crippen LogP contribution in [-0.4, -0.2) is 66.4 Å². The summed E-state index contributed by atoms with van der Waals surface area (Å²) in [6.07, 6.45) is -0.00121. The molecule has 0 bridgehead atoms. The molecule has 0 spiro atoms. The van der Waals surface area contributed by atoms with Gasteiger partial charge < -0.3 is 14.2 Å². The average Bonchev–Trinajstić information content (AvgIpc) is 2.93. The van der Waals surface area contributed by atoms with Gasteiger partial charge in [-0.2, -0.15) is 0 Å². The number of nitrogens with zero attached hydrogens (tertiary/aromatic N) is 1. The summed E-state index contributed by atoms with van der Waals surface area (Å²) >= 11 is 0. The molecule has 0 saturated carbocycles. The van der Waals surface area contributed by atoms with E-state index in [1.807, 2.05) is 20.8 Å². The standard InChI is InChI=1S/C34H45NO8/c1-10-27(21(2)3)31(38)41-19-28(36)25-15-11-23(12-16-25)24-13-17-26(18-14-24)29(37)20-42-32(39)30(22(4)5)35(9)33(40)43-34(6,7)8/h11-18,21-22,27,30H,10,19-20H2,1-9H3/t27-,30-/m0/s1. The number of Topliss-reactive ketones (excluding diaryl/α,β-unsaturated/α-hetero) is 2. The van der Waals surface area contributed by atoms with Crippen molar-refractivity contribution in [1.82, 2.24) is 4.90 Å². The fourth-order valence-corrected chi connectivity index (χ4v) is 4.56. The van der Waals surface area contributed by atoms with Gasteiger partial charge in [0.25, 0.3) is 0 Å². The number of hydrogen-bond donors (Lipinski definition) is 0. The molecule has 9 heteroatoms. The Morgan fingerprint density at radius 3 is 1.47 bits per heavy atom. The molecule has 2 rings (SSSR count). The molecular weight excluding hydrogens is 550 g/mol. The molecule has 0 aliphatic heterocycles. The van der Waals surface area contributed by atoms with Gasteiger partial charge >= 0.3 is 18.0 Å². The van der Waals surface area contributed by atoms with Crippen LogP contribution >= 0.6 is 0 Å². The van der Waals surface area contributed by atoms with Gasteiger partial charge in [-0.25, -0.2) is 9.59 Å². The van der Waals surface area contributed by atoms with Crippen LogP contribution in [0.25, 0.3) is 11.1 Å². The number of benzene rings is 2. The van der Waals surface area contributed by atoms with Crippen molar-refractivity contribution in [3.63, 3.8) is 0 Å². The highest BCUT2D eigenvalue weighted by Gasteiger charge is 2.34. The maximum Gasteiger partial charge on any atom is 0.410 e. The van der Waals surface area contributed by atoms with Crippen LogP contribution in [0.1, 0.15) is 82.5 Å². The molecule has 0 heterocycles. The SMILES string of the molecule is CC[C@H](C(=O)OCC(=O)c1ccc(-c2ccc(C(=O)COC(=O)[C@H](C(C)C)N(C)C(=O)OC(C)(C)C)cc2)cc1)C(C)C. The Hall–Kier alpha value is -4.01. The van der Waals surface area contributed by atoms with Crippen LogP contribution in [0.5, 0.6) is 0 Å². The molecule has 2 aromatic carbocycles. The van der Waals surface area contributed by atoms with Gasteiger partial charge in [-0.05, 0) is 50.2 Å². The van der Waals surface area contributed by atoms with Crippen LogP contribution in [0.2, 0.25) is 0 Å². The van der Waals surface area contributed by atoms with Crippen LogP contribution in [0.3, 0.4) is 0 Å². The van der Waals surface area contributed by atoms with Crippen molar-refractivity contribution >= 4 is 29.6 Å². The van der Waals surface area contributed by atoms with Crippen molar-refractivity contribution in [1.29, 1.82) is 0 Å². The van der Waals surface area contributed by atoms with E-state index in [1.54, 1.807) is 83.1 Å². The predicted molar refractivity (Wildman–Crippen MR) is 164 cm³/mol. The van der Waals surface area contributed by atoms with E-state index in [2.05, 4.69) is 0 Å². The molecule has 0 aliphatic rings. The Labute approximate surface area is 254 Å². The van der Waals surface area contributed by atoms with Gasteiger partial charge in [0.15, 0.2) is 24.8 Å². The fourth-order valence-electron chi connectivity index (χ4n) is 4.56. The van der Waals surface area contributed by atoms with Crippen LogP contribution < -0.4 is 0 Å². The van der Waals surface area contributed by atoms with E-state index in [0.29, 0.717) is 17.5 Å². The third kappa shape index (κ3) is 10.3. The Morgan fingerprint density at radius 2 is 1.12 bits per heavy atom. The molecule has 43 heavy (non-hydrogen) atoms. The molecule has 0 fully saturated rings. The molecule has 0 aromatic heterocycles. The number of ether oxygens (including phenoxy) is 3. The third-order valence-electron chi connectivity index (χ3n) is 6.96. The van der Waals surface area contributed by atoms with E-state index < -0.39 is 30.3 Å². The monoisotopic (exact) mass is 595 g/mol. The molecule has 0 aliphatic carbocycles. The van der Waals surface area contributed by atoms with Crippen LogP contribution in [0.4, 0.5) is 4.79 Å². The normalized spacial score (nSPS) is 12.8. The molecule has 0 radical (unpaired) electrons. The smallest absolute Gasteiger partial charge is 0.410 e. The van der Waals surface area contributed by atoms with Gasteiger partial charge in [-0.15, -0.1) is 0 Å². The number of ketones is 2. The van der Waals surface area contributed by atoms with Gasteiger partial charge in [0.1, 0.15) is 11.6 Å². The molecule has 2 aromatic rings. The van der Waals surface area contributed by atoms with Crippen LogP contribution in [-0.2, 0) is 23.8 Å². The van der Waals surface area contributed by atoms with E-state index in [1.165, 1.54) is 11.9 Å². The molecule has 1 amide bonds. The first kappa shape index (κ1) is 35.2. The van der Waals surface area contributed by atoms with Crippen molar-refractivity contribution in [2.24, 2.45) is 17.8 Å². The second-order valence-corrected chi connectivity index (χ2v) is 12.3. The molecule has 0 saturated heterocycles. The zero-order valence-electron chi connectivity index (χ0n) is 26.8. The van der Waals surface area contributed by atoms with Crippen molar-refractivity contribution < 1.29 is 38.2 Å². The number of carbonyl (C=O) groups excluding carboxylic acids is 5. The van der Waals surface area contributed by atoms with Crippen LogP contribution in [0.15, 0.2) is 48.5 Å². The average molecular weight is 596 g/mol. The van der Waals surface area contributed by atoms with E-state index in [9.17, 15) is 24.0 Å². The number of hydrogen-bond acceptors (Lipinski definition) is 8. The maximum absolute atomic E-state index is 12.8. The van der Waals surface area contributed by atoms with Gasteiger partial charge in [0, 0.05) is 18.2 Å². The van der Waals surface area contributed by atoms with E-state index in [0.717, 1.165) is 11.1 Å². The highest BCUT2D eigenvalue weighted by Crippen LogP contribution is 2.22. The third-order valence-corrected chi connectivity index (χ3v) is 6.96. The summed E-state index contributed by atoms with van der Waals surface area (Å²) in [7, 11) is 1.47. The second-order valence-electron chi connectivity index (χ2n) is 12.3. The summed E-state index contributed by atoms with van der Waals surface area (Å²) in [5, 5.41) is 0. The number of amides is 1. The molecule has 9 nitrogen and oxygen atoms in total. The Bertz CT molecular complexity index is 1270. The molecule has 0 N–H and O–H groups in total. The van der Waals surface area contributed by atoms with E-state index in [4.69, 9.17) is 14.2 Å². The highest BCUT2D eigenvalue weighted by molar-refractivity contribution is 5.99. The van der Waals surface area contributed by atoms with Crippen molar-refractivity contribution in [2.75, 3.05) is 20.3 Å². The Balaban J connectivity index is 1.98. The summed E-state index contributed by atoms with van der Waals surface area (Å²) in [6.45, 7) is 13.8. The maximum atomic E-state index is 12.8. The zero-order valence-corrected chi connectivity index (χ0v) is 26.8. The summed E-state index contributed by atoms with van der Waals surface area (Å²) in [5.74, 6) is -2.10. The number of carbonyl (C=O) groups is 5. The van der Waals surface area contributed by atoms with Crippen LogP contribution in [0, 0.1) is 17.8 Å². The Morgan fingerprint density at radius 1 is 0.698 bits per heavy atom. The molecule has 0 unspecified atom stereocenters. The summed E-state index contributed by atoms with van der Waals surface area (Å²) in [6, 6.07) is 12.8. The molecule has 234 valence electrons. The fraction of sp³-hybridized carbons (Fsp3) is 0.500. The molecular formula is C34H45NO8. The lowest BCUT2D eigenvalue weighted by atomic mass is 9.93. The zero-order chi connectivity index (χ0) is 32.5. The van der Waals surface area contributed by atoms with Gasteiger partial charge in [0.05, 0.1) is 5.92 Å². The number of esters is 2. The second kappa shape index (κ2) is 15.5. The number of likely N-dealkylation sites (N-methyl/N-ethyl adjacent to an activating group) is 1. The minimum Gasteiger partial charge on any atom is -0.457 e. The number of rotatable bonds is 13. The van der Waals surface area contributed by atoms with Crippen molar-refractivity contribution in [3.8, 4) is 11.1 Å². The van der Waals surface area contributed by atoms with E-state index >= 15 is 0 Å². The lowest BCUT2D eigenvalue weighted by Crippen LogP contribution is -2.48. The van der Waals surface area contributed by atoms with E-state index in [-0.39, 0.29) is 41.9 Å². The van der Waals surface area contributed by atoms with Crippen molar-refractivity contribution in [3.05, 3.63) is 59.7 Å². The summed E-state index contributed by atoms with van der Waals surface area (Å²) < 4.78 is 15.9.